The second-order valence-corrected chi connectivity index (χ2v) is 4.79. The summed E-state index contributed by atoms with van der Waals surface area (Å²) in [5.74, 6) is 0. The lowest BCUT2D eigenvalue weighted by Crippen LogP contribution is -2.37. The summed E-state index contributed by atoms with van der Waals surface area (Å²) in [5, 5.41) is -0.286. The SMILES string of the molecule is Nc1ccc(N2CCOCC2)c(C(=O)SCF)c1. The third-order valence-corrected chi connectivity index (χ3v) is 3.37. The second kappa shape index (κ2) is 6.06. The van der Waals surface area contributed by atoms with Crippen molar-refractivity contribution in [3.05, 3.63) is 23.8 Å². The molecule has 0 atom stereocenters. The molecule has 1 saturated heterocycles. The van der Waals surface area contributed by atoms with Crippen LogP contribution in [0.5, 0.6) is 0 Å². The van der Waals surface area contributed by atoms with Crippen LogP contribution in [0.2, 0.25) is 0 Å². The number of benzene rings is 1. The van der Waals surface area contributed by atoms with Gasteiger partial charge in [0.25, 0.3) is 0 Å². The zero-order chi connectivity index (χ0) is 13.0. The van der Waals surface area contributed by atoms with Crippen molar-refractivity contribution in [2.75, 3.05) is 42.9 Å². The first-order valence-corrected chi connectivity index (χ1v) is 6.66. The van der Waals surface area contributed by atoms with Gasteiger partial charge >= 0.3 is 0 Å². The van der Waals surface area contributed by atoms with Crippen LogP contribution in [0.15, 0.2) is 18.2 Å². The van der Waals surface area contributed by atoms with Crippen LogP contribution in [-0.2, 0) is 4.74 Å². The Labute approximate surface area is 109 Å². The van der Waals surface area contributed by atoms with E-state index in [1.807, 2.05) is 6.07 Å². The molecule has 0 amide bonds. The quantitative estimate of drug-likeness (QED) is 0.850. The van der Waals surface area contributed by atoms with Gasteiger partial charge in [0.15, 0.2) is 0 Å². The van der Waals surface area contributed by atoms with E-state index in [0.717, 1.165) is 18.8 Å². The minimum absolute atomic E-state index is 0.286. The van der Waals surface area contributed by atoms with Crippen molar-refractivity contribution in [2.45, 2.75) is 0 Å². The summed E-state index contributed by atoms with van der Waals surface area (Å²) < 4.78 is 17.6. The number of rotatable bonds is 3. The normalized spacial score (nSPS) is 15.7. The van der Waals surface area contributed by atoms with Crippen molar-refractivity contribution in [3.8, 4) is 0 Å². The number of halogens is 1. The van der Waals surface area contributed by atoms with E-state index < -0.39 is 6.01 Å². The topological polar surface area (TPSA) is 55.6 Å². The van der Waals surface area contributed by atoms with Crippen LogP contribution in [0.4, 0.5) is 15.8 Å². The first-order valence-electron chi connectivity index (χ1n) is 5.67. The largest absolute Gasteiger partial charge is 0.399 e. The Hall–Kier alpha value is -1.27. The van der Waals surface area contributed by atoms with E-state index in [-0.39, 0.29) is 5.12 Å². The number of carbonyl (C=O) groups is 1. The maximum atomic E-state index is 12.3. The highest BCUT2D eigenvalue weighted by atomic mass is 32.2. The summed E-state index contributed by atoms with van der Waals surface area (Å²) in [5.41, 5.74) is 7.48. The molecule has 0 saturated carbocycles. The van der Waals surface area contributed by atoms with Crippen LogP contribution >= 0.6 is 11.8 Å². The Bertz CT molecular complexity index is 436. The molecule has 1 aromatic carbocycles. The minimum Gasteiger partial charge on any atom is -0.399 e. The zero-order valence-electron chi connectivity index (χ0n) is 9.89. The van der Waals surface area contributed by atoms with Gasteiger partial charge in [0.1, 0.15) is 6.01 Å². The Balaban J connectivity index is 2.30. The Morgan fingerprint density at radius 3 is 2.83 bits per heavy atom. The highest BCUT2D eigenvalue weighted by Gasteiger charge is 2.19. The van der Waals surface area contributed by atoms with Crippen LogP contribution in [0, 0.1) is 0 Å². The third kappa shape index (κ3) is 2.94. The average molecular weight is 270 g/mol. The predicted molar refractivity (Wildman–Crippen MR) is 71.8 cm³/mol. The van der Waals surface area contributed by atoms with Gasteiger partial charge in [0.2, 0.25) is 5.12 Å². The lowest BCUT2D eigenvalue weighted by molar-refractivity contribution is 0.108. The van der Waals surface area contributed by atoms with E-state index in [1.54, 1.807) is 12.1 Å². The lowest BCUT2D eigenvalue weighted by atomic mass is 10.1. The smallest absolute Gasteiger partial charge is 0.224 e. The van der Waals surface area contributed by atoms with Crippen LogP contribution in [0.25, 0.3) is 0 Å². The summed E-state index contributed by atoms with van der Waals surface area (Å²) in [4.78, 5) is 13.9. The van der Waals surface area contributed by atoms with E-state index >= 15 is 0 Å². The van der Waals surface area contributed by atoms with E-state index in [0.29, 0.717) is 36.2 Å². The molecule has 0 aromatic heterocycles. The summed E-state index contributed by atoms with van der Waals surface area (Å²) in [6.45, 7) is 2.72. The highest BCUT2D eigenvalue weighted by molar-refractivity contribution is 8.14. The fraction of sp³-hybridized carbons (Fsp3) is 0.417. The summed E-state index contributed by atoms with van der Waals surface area (Å²) >= 11 is 0.652. The number of nitrogens with zero attached hydrogens (tertiary/aromatic N) is 1. The highest BCUT2D eigenvalue weighted by Crippen LogP contribution is 2.27. The molecule has 0 aliphatic carbocycles. The van der Waals surface area contributed by atoms with Crippen LogP contribution in [0.3, 0.4) is 0 Å². The number of alkyl halides is 1. The molecule has 4 nitrogen and oxygen atoms in total. The van der Waals surface area contributed by atoms with Crippen molar-refractivity contribution < 1.29 is 13.9 Å². The number of nitrogen functional groups attached to an aromatic ring is 1. The number of anilines is 2. The molecule has 0 spiro atoms. The van der Waals surface area contributed by atoms with Crippen molar-refractivity contribution >= 4 is 28.3 Å². The number of carbonyl (C=O) groups excluding carboxylic acids is 1. The monoisotopic (exact) mass is 270 g/mol. The number of morpholine rings is 1. The standard InChI is InChI=1S/C12H15FN2O2S/c13-8-18-12(16)10-7-9(14)1-2-11(10)15-3-5-17-6-4-15/h1-2,7H,3-6,8,14H2. The first-order chi connectivity index (χ1) is 8.72. The zero-order valence-corrected chi connectivity index (χ0v) is 10.7. The fourth-order valence-corrected chi connectivity index (χ4v) is 2.34. The van der Waals surface area contributed by atoms with Crippen molar-refractivity contribution in [1.29, 1.82) is 0 Å². The summed E-state index contributed by atoms with van der Waals surface area (Å²) in [6, 6.07) is 4.44. The molecule has 1 fully saturated rings. The van der Waals surface area contributed by atoms with Gasteiger partial charge in [-0.15, -0.1) is 0 Å². The molecule has 1 aromatic rings. The molecule has 0 unspecified atom stereocenters. The first kappa shape index (κ1) is 13.2. The maximum Gasteiger partial charge on any atom is 0.224 e. The van der Waals surface area contributed by atoms with E-state index in [2.05, 4.69) is 4.90 Å². The maximum absolute atomic E-state index is 12.3. The number of nitrogens with two attached hydrogens (primary N) is 1. The molecular weight excluding hydrogens is 255 g/mol. The molecule has 0 bridgehead atoms. The van der Waals surface area contributed by atoms with Crippen LogP contribution in [0.1, 0.15) is 10.4 Å². The Kier molecular flexibility index (Phi) is 4.43. The Morgan fingerprint density at radius 2 is 2.17 bits per heavy atom. The molecular formula is C12H15FN2O2S. The number of hydrogen-bond acceptors (Lipinski definition) is 5. The van der Waals surface area contributed by atoms with Gasteiger partial charge in [-0.2, -0.15) is 0 Å². The van der Waals surface area contributed by atoms with Crippen LogP contribution < -0.4 is 10.6 Å². The van der Waals surface area contributed by atoms with Crippen LogP contribution in [-0.4, -0.2) is 37.4 Å². The van der Waals surface area contributed by atoms with Gasteiger partial charge in [-0.05, 0) is 30.0 Å². The van der Waals surface area contributed by atoms with Gasteiger partial charge in [-0.25, -0.2) is 4.39 Å². The lowest BCUT2D eigenvalue weighted by Gasteiger charge is -2.30. The summed E-state index contributed by atoms with van der Waals surface area (Å²) in [6.07, 6.45) is 0. The number of thioether (sulfide) groups is 1. The van der Waals surface area contributed by atoms with E-state index in [1.165, 1.54) is 0 Å². The van der Waals surface area contributed by atoms with Gasteiger partial charge in [-0.1, -0.05) is 0 Å². The van der Waals surface area contributed by atoms with Gasteiger partial charge in [0, 0.05) is 24.5 Å². The number of hydrogen-bond donors (Lipinski definition) is 1. The summed E-state index contributed by atoms with van der Waals surface area (Å²) in [7, 11) is 0. The number of ether oxygens (including phenoxy) is 1. The van der Waals surface area contributed by atoms with Crippen molar-refractivity contribution in [3.63, 3.8) is 0 Å². The third-order valence-electron chi connectivity index (χ3n) is 2.78. The minimum atomic E-state index is -0.726. The molecule has 2 N–H and O–H groups in total. The molecule has 18 heavy (non-hydrogen) atoms. The molecule has 0 radical (unpaired) electrons. The predicted octanol–water partition coefficient (Wildman–Crippen LogP) is 1.91. The molecule has 2 rings (SSSR count). The van der Waals surface area contributed by atoms with Gasteiger partial charge < -0.3 is 15.4 Å². The van der Waals surface area contributed by atoms with Crippen molar-refractivity contribution in [1.82, 2.24) is 0 Å². The van der Waals surface area contributed by atoms with E-state index in [4.69, 9.17) is 10.5 Å². The van der Waals surface area contributed by atoms with E-state index in [9.17, 15) is 9.18 Å². The van der Waals surface area contributed by atoms with Gasteiger partial charge in [-0.3, -0.25) is 4.79 Å². The average Bonchev–Trinajstić information content (AvgIpc) is 2.40. The Morgan fingerprint density at radius 1 is 1.44 bits per heavy atom. The molecule has 1 aliphatic rings. The second-order valence-electron chi connectivity index (χ2n) is 3.92. The van der Waals surface area contributed by atoms with Gasteiger partial charge in [0.05, 0.1) is 18.8 Å². The molecule has 1 heterocycles. The molecule has 1 aliphatic heterocycles. The fourth-order valence-electron chi connectivity index (χ4n) is 1.92. The molecule has 98 valence electrons. The van der Waals surface area contributed by atoms with Crippen molar-refractivity contribution in [2.24, 2.45) is 0 Å². The molecule has 6 heteroatoms.